The summed E-state index contributed by atoms with van der Waals surface area (Å²) in [6, 6.07) is 12.8. The molecule has 2 aromatic carbocycles. The van der Waals surface area contributed by atoms with E-state index in [1.807, 2.05) is 0 Å². The Morgan fingerprint density at radius 1 is 1.13 bits per heavy atom. The molecule has 4 nitrogen and oxygen atoms in total. The van der Waals surface area contributed by atoms with Crippen LogP contribution in [0.4, 0.5) is 0 Å². The topological polar surface area (TPSA) is 44.4 Å². The van der Waals surface area contributed by atoms with Crippen molar-refractivity contribution in [3.8, 4) is 17.2 Å². The Morgan fingerprint density at radius 3 is 2.67 bits per heavy atom. The fourth-order valence-electron chi connectivity index (χ4n) is 4.72. The zero-order valence-electron chi connectivity index (χ0n) is 17.4. The molecule has 4 heteroatoms. The number of methoxy groups -OCH3 is 1. The summed E-state index contributed by atoms with van der Waals surface area (Å²) in [7, 11) is 1.64. The highest BCUT2D eigenvalue weighted by Crippen LogP contribution is 2.44. The van der Waals surface area contributed by atoms with Gasteiger partial charge >= 0.3 is 0 Å². The molecular formula is C26H25NO3. The predicted octanol–water partition coefficient (Wildman–Crippen LogP) is 6.47. The maximum Gasteiger partial charge on any atom is 0.154 e. The van der Waals surface area contributed by atoms with Crippen LogP contribution in [0, 0.1) is 12.8 Å². The van der Waals surface area contributed by atoms with Crippen LogP contribution in [0.2, 0.25) is 0 Å². The van der Waals surface area contributed by atoms with Crippen molar-refractivity contribution in [2.45, 2.75) is 45.1 Å². The van der Waals surface area contributed by atoms with Crippen LogP contribution in [0.1, 0.15) is 53.1 Å². The minimum absolute atomic E-state index is 0.562. The van der Waals surface area contributed by atoms with Gasteiger partial charge in [0.25, 0.3) is 0 Å². The van der Waals surface area contributed by atoms with E-state index in [-0.39, 0.29) is 0 Å². The number of ether oxygens (including phenoxy) is 1. The number of fused-ring (bicyclic) bond motifs is 2. The van der Waals surface area contributed by atoms with E-state index in [0.29, 0.717) is 16.9 Å². The van der Waals surface area contributed by atoms with Gasteiger partial charge in [-0.2, -0.15) is 0 Å². The molecular weight excluding hydrogens is 374 g/mol. The molecule has 2 aliphatic rings. The average molecular weight is 399 g/mol. The molecule has 0 bridgehead atoms. The van der Waals surface area contributed by atoms with E-state index in [1.54, 1.807) is 19.2 Å². The predicted molar refractivity (Wildman–Crippen MR) is 119 cm³/mol. The molecule has 152 valence electrons. The molecule has 0 saturated heterocycles. The van der Waals surface area contributed by atoms with Gasteiger partial charge in [-0.1, -0.05) is 12.1 Å². The smallest absolute Gasteiger partial charge is 0.154 e. The SMILES string of the molecule is COc1cc(C=O)cc2oc(-c3cc4ccc(C5CC5)cc4n3CC3CC3)c(C)c12. The van der Waals surface area contributed by atoms with E-state index >= 15 is 0 Å². The number of furan rings is 1. The summed E-state index contributed by atoms with van der Waals surface area (Å²) < 4.78 is 14.4. The summed E-state index contributed by atoms with van der Waals surface area (Å²) in [5, 5.41) is 2.20. The van der Waals surface area contributed by atoms with E-state index in [9.17, 15) is 4.79 Å². The number of benzene rings is 2. The standard InChI is InChI=1S/C26H25NO3/c1-15-25-23(29-2)9-17(14-28)10-24(25)30-26(15)22-12-20-8-7-19(18-5-6-18)11-21(20)27(22)13-16-3-4-16/h7-12,14,16,18H,3-6,13H2,1-2H3. The normalized spacial score (nSPS) is 16.5. The van der Waals surface area contributed by atoms with Gasteiger partial charge in [-0.15, -0.1) is 0 Å². The number of aryl methyl sites for hydroxylation is 1. The van der Waals surface area contributed by atoms with Crippen molar-refractivity contribution in [3.05, 3.63) is 53.1 Å². The summed E-state index contributed by atoms with van der Waals surface area (Å²) in [4.78, 5) is 11.4. The van der Waals surface area contributed by atoms with Crippen molar-refractivity contribution >= 4 is 28.2 Å². The van der Waals surface area contributed by atoms with E-state index in [4.69, 9.17) is 9.15 Å². The monoisotopic (exact) mass is 399 g/mol. The second kappa shape index (κ2) is 6.49. The van der Waals surface area contributed by atoms with Gasteiger partial charge in [0.05, 0.1) is 18.2 Å². The van der Waals surface area contributed by atoms with Gasteiger partial charge < -0.3 is 13.7 Å². The Labute approximate surface area is 175 Å². The highest BCUT2D eigenvalue weighted by Gasteiger charge is 2.28. The largest absolute Gasteiger partial charge is 0.496 e. The maximum atomic E-state index is 11.4. The minimum atomic E-state index is 0.562. The van der Waals surface area contributed by atoms with Crippen molar-refractivity contribution in [1.82, 2.24) is 4.57 Å². The Morgan fingerprint density at radius 2 is 1.97 bits per heavy atom. The number of nitrogens with zero attached hydrogens (tertiary/aromatic N) is 1. The molecule has 0 aliphatic heterocycles. The van der Waals surface area contributed by atoms with Crippen LogP contribution in [0.15, 0.2) is 40.8 Å². The lowest BCUT2D eigenvalue weighted by atomic mass is 10.1. The summed E-state index contributed by atoms with van der Waals surface area (Å²) in [5.74, 6) is 3.05. The summed E-state index contributed by atoms with van der Waals surface area (Å²) in [6.45, 7) is 3.11. The third-order valence-electron chi connectivity index (χ3n) is 6.72. The molecule has 0 spiro atoms. The first-order valence-electron chi connectivity index (χ1n) is 10.9. The van der Waals surface area contributed by atoms with Crippen molar-refractivity contribution in [3.63, 3.8) is 0 Å². The highest BCUT2D eigenvalue weighted by atomic mass is 16.5. The van der Waals surface area contributed by atoms with Gasteiger partial charge in [0, 0.05) is 28.6 Å². The van der Waals surface area contributed by atoms with Crippen molar-refractivity contribution in [2.24, 2.45) is 5.92 Å². The van der Waals surface area contributed by atoms with Crippen molar-refractivity contribution in [2.75, 3.05) is 7.11 Å². The van der Waals surface area contributed by atoms with E-state index in [1.165, 1.54) is 42.1 Å². The Hall–Kier alpha value is -3.01. The van der Waals surface area contributed by atoms with Crippen LogP contribution in [-0.2, 0) is 6.54 Å². The molecule has 2 saturated carbocycles. The van der Waals surface area contributed by atoms with Gasteiger partial charge in [0.2, 0.25) is 0 Å². The van der Waals surface area contributed by atoms with E-state index in [2.05, 4.69) is 35.8 Å². The molecule has 0 radical (unpaired) electrons. The van der Waals surface area contributed by atoms with E-state index < -0.39 is 0 Å². The molecule has 0 unspecified atom stereocenters. The maximum absolute atomic E-state index is 11.4. The van der Waals surface area contributed by atoms with Crippen molar-refractivity contribution in [1.29, 1.82) is 0 Å². The Kier molecular flexibility index (Phi) is 3.86. The molecule has 2 heterocycles. The minimum Gasteiger partial charge on any atom is -0.496 e. The first kappa shape index (κ1) is 17.8. The number of rotatable bonds is 6. The zero-order valence-corrected chi connectivity index (χ0v) is 17.4. The Balaban J connectivity index is 1.59. The van der Waals surface area contributed by atoms with Crippen LogP contribution in [0.25, 0.3) is 33.3 Å². The number of carbonyl (C=O) groups excluding carboxylic acids is 1. The van der Waals surface area contributed by atoms with Gasteiger partial charge in [0.15, 0.2) is 5.76 Å². The van der Waals surface area contributed by atoms with Crippen LogP contribution in [0.5, 0.6) is 5.75 Å². The number of aldehydes is 1. The number of carbonyl (C=O) groups is 1. The van der Waals surface area contributed by atoms with Gasteiger partial charge in [-0.3, -0.25) is 4.79 Å². The highest BCUT2D eigenvalue weighted by molar-refractivity contribution is 5.97. The first-order chi connectivity index (χ1) is 14.7. The Bertz CT molecular complexity index is 1300. The lowest BCUT2D eigenvalue weighted by Crippen LogP contribution is -2.02. The second-order valence-corrected chi connectivity index (χ2v) is 8.95. The molecule has 6 rings (SSSR count). The van der Waals surface area contributed by atoms with Crippen LogP contribution >= 0.6 is 0 Å². The van der Waals surface area contributed by atoms with Gasteiger partial charge in [0.1, 0.15) is 17.6 Å². The molecule has 0 atom stereocenters. The summed E-state index contributed by atoms with van der Waals surface area (Å²) >= 11 is 0. The zero-order chi connectivity index (χ0) is 20.4. The van der Waals surface area contributed by atoms with Crippen LogP contribution in [0.3, 0.4) is 0 Å². The third kappa shape index (κ3) is 2.78. The van der Waals surface area contributed by atoms with Crippen LogP contribution < -0.4 is 4.74 Å². The fourth-order valence-corrected chi connectivity index (χ4v) is 4.72. The lowest BCUT2D eigenvalue weighted by molar-refractivity contribution is 0.112. The quantitative estimate of drug-likeness (QED) is 0.349. The molecule has 2 fully saturated rings. The summed E-state index contributed by atoms with van der Waals surface area (Å²) in [5.41, 5.74) is 6.21. The summed E-state index contributed by atoms with van der Waals surface area (Å²) in [6.07, 6.45) is 6.06. The number of hydrogen-bond donors (Lipinski definition) is 0. The van der Waals surface area contributed by atoms with E-state index in [0.717, 1.165) is 47.1 Å². The molecule has 2 aromatic heterocycles. The lowest BCUT2D eigenvalue weighted by Gasteiger charge is -2.10. The fraction of sp³-hybridized carbons (Fsp3) is 0.346. The average Bonchev–Trinajstić information content (AvgIpc) is 3.69. The molecule has 0 N–H and O–H groups in total. The van der Waals surface area contributed by atoms with Crippen LogP contribution in [-0.4, -0.2) is 18.0 Å². The molecule has 0 amide bonds. The second-order valence-electron chi connectivity index (χ2n) is 8.95. The van der Waals surface area contributed by atoms with Crippen molar-refractivity contribution < 1.29 is 13.9 Å². The first-order valence-corrected chi connectivity index (χ1v) is 10.9. The van der Waals surface area contributed by atoms with Gasteiger partial charge in [-0.05, 0) is 74.3 Å². The third-order valence-corrected chi connectivity index (χ3v) is 6.72. The number of aromatic nitrogens is 1. The molecule has 4 aromatic rings. The molecule has 30 heavy (non-hydrogen) atoms. The van der Waals surface area contributed by atoms with Gasteiger partial charge in [-0.25, -0.2) is 0 Å². The number of hydrogen-bond acceptors (Lipinski definition) is 3. The molecule has 2 aliphatic carbocycles.